The predicted molar refractivity (Wildman–Crippen MR) is 61.4 cm³/mol. The topological polar surface area (TPSA) is 58.1 Å². The summed E-state index contributed by atoms with van der Waals surface area (Å²) in [4.78, 5) is 24.8. The van der Waals surface area contributed by atoms with Gasteiger partial charge in [0, 0.05) is 12.1 Å². The molecule has 2 rings (SSSR count). The molecule has 0 bridgehead atoms. The molecule has 0 aromatic carbocycles. The molecule has 1 N–H and O–H groups in total. The van der Waals surface area contributed by atoms with Gasteiger partial charge in [-0.1, -0.05) is 12.8 Å². The molecule has 88 valence electrons. The molecule has 0 radical (unpaired) electrons. The minimum Gasteiger partial charge on any atom is -0.284 e. The van der Waals surface area contributed by atoms with Gasteiger partial charge in [0.05, 0.1) is 6.67 Å². The van der Waals surface area contributed by atoms with Crippen molar-refractivity contribution >= 4 is 0 Å². The summed E-state index contributed by atoms with van der Waals surface area (Å²) < 4.78 is 1.38. The molecule has 2 heterocycles. The van der Waals surface area contributed by atoms with Crippen LogP contribution in [0.15, 0.2) is 21.7 Å². The summed E-state index contributed by atoms with van der Waals surface area (Å²) in [6, 6.07) is 2.58. The molecule has 0 aliphatic carbocycles. The first-order valence-corrected chi connectivity index (χ1v) is 5.78. The van der Waals surface area contributed by atoms with E-state index in [4.69, 9.17) is 0 Å². The van der Waals surface area contributed by atoms with E-state index in [0.29, 0.717) is 6.67 Å². The lowest BCUT2D eigenvalue weighted by molar-refractivity contribution is 0.209. The monoisotopic (exact) mass is 223 g/mol. The van der Waals surface area contributed by atoms with Gasteiger partial charge in [0.2, 0.25) is 0 Å². The van der Waals surface area contributed by atoms with Gasteiger partial charge in [-0.05, 0) is 25.9 Å². The zero-order valence-corrected chi connectivity index (χ0v) is 9.32. The molecule has 5 heteroatoms. The fourth-order valence-corrected chi connectivity index (χ4v) is 2.04. The SMILES string of the molecule is O=c1ccc(=O)n(CN2CCCCCC2)[nH]1. The minimum absolute atomic E-state index is 0.149. The lowest BCUT2D eigenvalue weighted by Crippen LogP contribution is -2.36. The highest BCUT2D eigenvalue weighted by atomic mass is 16.2. The van der Waals surface area contributed by atoms with Crippen LogP contribution < -0.4 is 11.1 Å². The number of aromatic amines is 1. The maximum Gasteiger partial charge on any atom is 0.266 e. The minimum atomic E-state index is -0.227. The second-order valence-corrected chi connectivity index (χ2v) is 4.25. The highest BCUT2D eigenvalue weighted by Gasteiger charge is 2.09. The molecule has 0 saturated carbocycles. The van der Waals surface area contributed by atoms with Gasteiger partial charge in [-0.15, -0.1) is 0 Å². The summed E-state index contributed by atoms with van der Waals surface area (Å²) in [5.41, 5.74) is -0.377. The molecule has 1 fully saturated rings. The third-order valence-corrected chi connectivity index (χ3v) is 2.93. The average molecular weight is 223 g/mol. The van der Waals surface area contributed by atoms with Crippen LogP contribution >= 0.6 is 0 Å². The molecule has 1 aromatic heterocycles. The zero-order chi connectivity index (χ0) is 11.4. The van der Waals surface area contributed by atoms with Crippen LogP contribution in [0.4, 0.5) is 0 Å². The van der Waals surface area contributed by atoms with E-state index in [2.05, 4.69) is 10.00 Å². The maximum absolute atomic E-state index is 11.5. The van der Waals surface area contributed by atoms with Gasteiger partial charge < -0.3 is 0 Å². The van der Waals surface area contributed by atoms with E-state index >= 15 is 0 Å². The first-order valence-electron chi connectivity index (χ1n) is 5.78. The third kappa shape index (κ3) is 2.82. The largest absolute Gasteiger partial charge is 0.284 e. The quantitative estimate of drug-likeness (QED) is 0.788. The smallest absolute Gasteiger partial charge is 0.266 e. The van der Waals surface area contributed by atoms with Crippen LogP contribution in [0.5, 0.6) is 0 Å². The fourth-order valence-electron chi connectivity index (χ4n) is 2.04. The van der Waals surface area contributed by atoms with Gasteiger partial charge in [0.15, 0.2) is 0 Å². The van der Waals surface area contributed by atoms with Crippen molar-refractivity contribution in [2.75, 3.05) is 13.1 Å². The van der Waals surface area contributed by atoms with Crippen LogP contribution in [0.2, 0.25) is 0 Å². The van der Waals surface area contributed by atoms with E-state index in [9.17, 15) is 9.59 Å². The van der Waals surface area contributed by atoms with Gasteiger partial charge in [-0.25, -0.2) is 4.68 Å². The van der Waals surface area contributed by atoms with Crippen LogP contribution in [0, 0.1) is 0 Å². The Bertz CT molecular complexity index is 441. The fraction of sp³-hybridized carbons (Fsp3) is 0.636. The van der Waals surface area contributed by atoms with Crippen LogP contribution in [0.1, 0.15) is 25.7 Å². The Balaban J connectivity index is 2.10. The Morgan fingerprint density at radius 1 is 1.06 bits per heavy atom. The van der Waals surface area contributed by atoms with E-state index in [0.717, 1.165) is 13.1 Å². The first kappa shape index (κ1) is 11.1. The molecule has 0 unspecified atom stereocenters. The lowest BCUT2D eigenvalue weighted by Gasteiger charge is -2.20. The van der Waals surface area contributed by atoms with E-state index in [-0.39, 0.29) is 11.1 Å². The molecule has 0 atom stereocenters. The number of H-pyrrole nitrogens is 1. The zero-order valence-electron chi connectivity index (χ0n) is 9.32. The summed E-state index contributed by atoms with van der Waals surface area (Å²) in [6.45, 7) is 2.50. The van der Waals surface area contributed by atoms with Crippen molar-refractivity contribution < 1.29 is 0 Å². The Hall–Kier alpha value is -1.36. The summed E-state index contributed by atoms with van der Waals surface area (Å²) in [6.07, 6.45) is 4.87. The number of nitrogens with one attached hydrogen (secondary N) is 1. The molecule has 1 aliphatic heterocycles. The second kappa shape index (κ2) is 5.12. The van der Waals surface area contributed by atoms with E-state index < -0.39 is 0 Å². The van der Waals surface area contributed by atoms with E-state index in [1.54, 1.807) is 0 Å². The van der Waals surface area contributed by atoms with Gasteiger partial charge >= 0.3 is 0 Å². The van der Waals surface area contributed by atoms with Crippen molar-refractivity contribution in [3.8, 4) is 0 Å². The number of rotatable bonds is 2. The number of hydrogen-bond acceptors (Lipinski definition) is 3. The third-order valence-electron chi connectivity index (χ3n) is 2.93. The number of hydrogen-bond donors (Lipinski definition) is 1. The average Bonchev–Trinajstić information content (AvgIpc) is 2.52. The Morgan fingerprint density at radius 2 is 1.75 bits per heavy atom. The second-order valence-electron chi connectivity index (χ2n) is 4.25. The predicted octanol–water partition coefficient (Wildman–Crippen LogP) is 0.370. The number of aromatic nitrogens is 2. The Labute approximate surface area is 93.7 Å². The standard InChI is InChI=1S/C11H17N3O2/c15-10-5-6-11(16)14(12-10)9-13-7-3-1-2-4-8-13/h5-6H,1-4,7-9H2,(H,12,15). The van der Waals surface area contributed by atoms with Gasteiger partial charge in [0.1, 0.15) is 0 Å². The molecule has 1 aliphatic rings. The van der Waals surface area contributed by atoms with Crippen LogP contribution in [-0.2, 0) is 6.67 Å². The molecular weight excluding hydrogens is 206 g/mol. The van der Waals surface area contributed by atoms with Gasteiger partial charge in [-0.3, -0.25) is 19.6 Å². The van der Waals surface area contributed by atoms with Crippen molar-refractivity contribution in [3.63, 3.8) is 0 Å². The molecule has 5 nitrogen and oxygen atoms in total. The summed E-state index contributed by atoms with van der Waals surface area (Å²) in [7, 11) is 0. The Kier molecular flexibility index (Phi) is 3.56. The van der Waals surface area contributed by atoms with E-state index in [1.165, 1.54) is 42.5 Å². The summed E-state index contributed by atoms with van der Waals surface area (Å²) >= 11 is 0. The summed E-state index contributed by atoms with van der Waals surface area (Å²) in [5, 5.41) is 2.55. The van der Waals surface area contributed by atoms with Crippen molar-refractivity contribution in [2.45, 2.75) is 32.4 Å². The molecule has 1 saturated heterocycles. The molecule has 16 heavy (non-hydrogen) atoms. The molecular formula is C11H17N3O2. The lowest BCUT2D eigenvalue weighted by atomic mass is 10.2. The molecule has 0 amide bonds. The van der Waals surface area contributed by atoms with Gasteiger partial charge in [0.25, 0.3) is 11.1 Å². The van der Waals surface area contributed by atoms with Gasteiger partial charge in [-0.2, -0.15) is 0 Å². The van der Waals surface area contributed by atoms with Crippen LogP contribution in [-0.4, -0.2) is 27.8 Å². The van der Waals surface area contributed by atoms with Crippen molar-refractivity contribution in [1.29, 1.82) is 0 Å². The highest BCUT2D eigenvalue weighted by Crippen LogP contribution is 2.09. The Morgan fingerprint density at radius 3 is 2.44 bits per heavy atom. The summed E-state index contributed by atoms with van der Waals surface area (Å²) in [5.74, 6) is 0. The van der Waals surface area contributed by atoms with Crippen LogP contribution in [0.3, 0.4) is 0 Å². The van der Waals surface area contributed by atoms with Crippen molar-refractivity contribution in [3.05, 3.63) is 32.8 Å². The maximum atomic E-state index is 11.5. The van der Waals surface area contributed by atoms with Crippen molar-refractivity contribution in [2.24, 2.45) is 0 Å². The normalized spacial score (nSPS) is 18.2. The van der Waals surface area contributed by atoms with Crippen molar-refractivity contribution in [1.82, 2.24) is 14.7 Å². The number of nitrogens with zero attached hydrogens (tertiary/aromatic N) is 2. The molecule has 1 aromatic rings. The van der Waals surface area contributed by atoms with E-state index in [1.807, 2.05) is 0 Å². The number of likely N-dealkylation sites (tertiary alicyclic amines) is 1. The first-order chi connectivity index (χ1) is 7.75. The highest BCUT2D eigenvalue weighted by molar-refractivity contribution is 4.85. The molecule has 0 spiro atoms. The van der Waals surface area contributed by atoms with Crippen LogP contribution in [0.25, 0.3) is 0 Å².